The minimum absolute atomic E-state index is 0.0534. The van der Waals surface area contributed by atoms with Crippen molar-refractivity contribution in [3.05, 3.63) is 53.9 Å². The molecule has 1 aromatic carbocycles. The van der Waals surface area contributed by atoms with Gasteiger partial charge in [-0.05, 0) is 44.9 Å². The Morgan fingerprint density at radius 3 is 2.36 bits per heavy atom. The van der Waals surface area contributed by atoms with E-state index in [9.17, 15) is 4.79 Å². The quantitative estimate of drug-likeness (QED) is 0.590. The number of nitrogens with zero attached hydrogens (tertiary/aromatic N) is 5. The van der Waals surface area contributed by atoms with Gasteiger partial charge in [-0.2, -0.15) is 5.10 Å². The number of para-hydroxylation sites is 1. The van der Waals surface area contributed by atoms with Crippen LogP contribution in [0, 0.1) is 0 Å². The number of anilines is 1. The van der Waals surface area contributed by atoms with Gasteiger partial charge in [-0.1, -0.05) is 32.0 Å². The first-order valence-electron chi connectivity index (χ1n) is 12.1. The summed E-state index contributed by atoms with van der Waals surface area (Å²) in [5.74, 6) is 0.179. The summed E-state index contributed by atoms with van der Waals surface area (Å²) in [5, 5.41) is 8.49. The third kappa shape index (κ3) is 5.03. The molecule has 1 amide bonds. The van der Waals surface area contributed by atoms with Gasteiger partial charge in [0.05, 0.1) is 17.1 Å². The molecule has 7 nitrogen and oxygen atoms in total. The second kappa shape index (κ2) is 9.91. The van der Waals surface area contributed by atoms with Crippen molar-refractivity contribution in [2.45, 2.75) is 52.6 Å². The fourth-order valence-electron chi connectivity index (χ4n) is 4.42. The Kier molecular flexibility index (Phi) is 6.98. The highest BCUT2D eigenvalue weighted by Gasteiger charge is 2.23. The average Bonchev–Trinajstić information content (AvgIpc) is 3.27. The topological polar surface area (TPSA) is 66.3 Å². The number of amides is 1. The van der Waals surface area contributed by atoms with E-state index in [1.165, 1.54) is 5.69 Å². The Labute approximate surface area is 196 Å². The highest BCUT2D eigenvalue weighted by atomic mass is 16.1. The summed E-state index contributed by atoms with van der Waals surface area (Å²) in [6.07, 6.45) is 1.77. The molecule has 0 aliphatic carbocycles. The van der Waals surface area contributed by atoms with Gasteiger partial charge in [0.2, 0.25) is 0 Å². The lowest BCUT2D eigenvalue weighted by Crippen LogP contribution is -2.52. The number of aromatic nitrogens is 3. The highest BCUT2D eigenvalue weighted by Crippen LogP contribution is 2.24. The molecule has 3 aromatic rings. The fraction of sp³-hybridized carbons (Fsp3) is 0.500. The van der Waals surface area contributed by atoms with E-state index in [-0.39, 0.29) is 23.9 Å². The Morgan fingerprint density at radius 2 is 1.73 bits per heavy atom. The van der Waals surface area contributed by atoms with Gasteiger partial charge in [0.1, 0.15) is 0 Å². The van der Waals surface area contributed by atoms with Crippen LogP contribution in [-0.2, 0) is 0 Å². The van der Waals surface area contributed by atoms with Crippen LogP contribution in [0.3, 0.4) is 0 Å². The van der Waals surface area contributed by atoms with Gasteiger partial charge in [0.25, 0.3) is 5.91 Å². The Bertz CT molecular complexity index is 1080. The molecule has 1 N–H and O–H groups in total. The second-order valence-corrected chi connectivity index (χ2v) is 9.59. The lowest BCUT2D eigenvalue weighted by atomic mass is 10.0. The number of hydrogen-bond acceptors (Lipinski definition) is 5. The Hall–Kier alpha value is -2.93. The molecular formula is C26H36N6O. The zero-order valence-corrected chi connectivity index (χ0v) is 20.5. The fourth-order valence-corrected chi connectivity index (χ4v) is 4.42. The number of nitrogens with one attached hydrogen (secondary N) is 1. The van der Waals surface area contributed by atoms with Crippen LogP contribution in [0.1, 0.15) is 62.6 Å². The molecule has 0 radical (unpaired) electrons. The number of fused-ring (bicyclic) bond motifs is 1. The van der Waals surface area contributed by atoms with Crippen LogP contribution < -0.4 is 10.2 Å². The van der Waals surface area contributed by atoms with Gasteiger partial charge < -0.3 is 10.2 Å². The Morgan fingerprint density at radius 1 is 1.03 bits per heavy atom. The molecule has 1 fully saturated rings. The summed E-state index contributed by atoms with van der Waals surface area (Å²) >= 11 is 0. The molecule has 1 aliphatic rings. The maximum absolute atomic E-state index is 13.2. The molecule has 1 saturated heterocycles. The first-order valence-corrected chi connectivity index (χ1v) is 12.1. The number of piperazine rings is 1. The summed E-state index contributed by atoms with van der Waals surface area (Å²) < 4.78 is 1.90. The first kappa shape index (κ1) is 23.2. The second-order valence-electron chi connectivity index (χ2n) is 9.59. The molecule has 4 rings (SSSR count). The molecule has 33 heavy (non-hydrogen) atoms. The van der Waals surface area contributed by atoms with Crippen molar-refractivity contribution in [1.29, 1.82) is 0 Å². The molecule has 3 heterocycles. The smallest absolute Gasteiger partial charge is 0.252 e. The van der Waals surface area contributed by atoms with Gasteiger partial charge >= 0.3 is 0 Å². The van der Waals surface area contributed by atoms with Crippen LogP contribution >= 0.6 is 0 Å². The van der Waals surface area contributed by atoms with Crippen LogP contribution in [0.25, 0.3) is 11.0 Å². The van der Waals surface area contributed by atoms with E-state index >= 15 is 0 Å². The lowest BCUT2D eigenvalue weighted by molar-refractivity contribution is 0.0935. The average molecular weight is 449 g/mol. The van der Waals surface area contributed by atoms with Crippen LogP contribution in [0.4, 0.5) is 5.69 Å². The summed E-state index contributed by atoms with van der Waals surface area (Å²) in [6, 6.07) is 13.0. The highest BCUT2D eigenvalue weighted by molar-refractivity contribution is 6.05. The van der Waals surface area contributed by atoms with Gasteiger partial charge in [0, 0.05) is 56.2 Å². The van der Waals surface area contributed by atoms with Crippen molar-refractivity contribution < 1.29 is 4.79 Å². The third-order valence-electron chi connectivity index (χ3n) is 6.53. The van der Waals surface area contributed by atoms with Gasteiger partial charge in [-0.25, -0.2) is 9.67 Å². The number of benzene rings is 1. The monoisotopic (exact) mass is 448 g/mol. The normalized spacial score (nSPS) is 16.0. The third-order valence-corrected chi connectivity index (χ3v) is 6.53. The largest absolute Gasteiger partial charge is 0.369 e. The number of carbonyl (C=O) groups excluding carboxylic acids is 1. The van der Waals surface area contributed by atoms with Crippen molar-refractivity contribution in [3.63, 3.8) is 0 Å². The van der Waals surface area contributed by atoms with E-state index < -0.39 is 0 Å². The van der Waals surface area contributed by atoms with Gasteiger partial charge in [-0.3, -0.25) is 9.69 Å². The number of hydrogen-bond donors (Lipinski definition) is 1. The summed E-state index contributed by atoms with van der Waals surface area (Å²) in [7, 11) is 0. The van der Waals surface area contributed by atoms with Crippen molar-refractivity contribution >= 4 is 22.6 Å². The van der Waals surface area contributed by atoms with Gasteiger partial charge in [0.15, 0.2) is 5.65 Å². The van der Waals surface area contributed by atoms with Crippen molar-refractivity contribution in [2.75, 3.05) is 37.6 Å². The molecule has 7 heteroatoms. The summed E-state index contributed by atoms with van der Waals surface area (Å²) in [5.41, 5.74) is 3.64. The van der Waals surface area contributed by atoms with Crippen LogP contribution in [0.5, 0.6) is 0 Å². The van der Waals surface area contributed by atoms with E-state index in [1.54, 1.807) is 6.20 Å². The lowest BCUT2D eigenvalue weighted by Gasteiger charge is -2.39. The zero-order chi connectivity index (χ0) is 23.5. The van der Waals surface area contributed by atoms with E-state index in [0.29, 0.717) is 12.1 Å². The van der Waals surface area contributed by atoms with Crippen molar-refractivity contribution in [1.82, 2.24) is 25.0 Å². The molecule has 0 saturated carbocycles. The van der Waals surface area contributed by atoms with Crippen molar-refractivity contribution in [3.8, 4) is 0 Å². The molecule has 1 aliphatic heterocycles. The minimum Gasteiger partial charge on any atom is -0.369 e. The first-order chi connectivity index (χ1) is 15.8. The van der Waals surface area contributed by atoms with Crippen LogP contribution in [0.2, 0.25) is 0 Å². The number of pyridine rings is 1. The summed E-state index contributed by atoms with van der Waals surface area (Å²) in [6.45, 7) is 15.1. The molecular weight excluding hydrogens is 412 g/mol. The molecule has 0 bridgehead atoms. The molecule has 176 valence electrons. The molecule has 1 unspecified atom stereocenters. The summed E-state index contributed by atoms with van der Waals surface area (Å²) in [4.78, 5) is 22.9. The maximum Gasteiger partial charge on any atom is 0.252 e. The Balaban J connectivity index is 1.41. The predicted molar refractivity (Wildman–Crippen MR) is 134 cm³/mol. The predicted octanol–water partition coefficient (Wildman–Crippen LogP) is 4.08. The zero-order valence-electron chi connectivity index (χ0n) is 20.5. The molecule has 2 aromatic heterocycles. The van der Waals surface area contributed by atoms with E-state index in [2.05, 4.69) is 85.2 Å². The minimum atomic E-state index is -0.0534. The van der Waals surface area contributed by atoms with E-state index in [0.717, 1.165) is 42.9 Å². The van der Waals surface area contributed by atoms with Gasteiger partial charge in [-0.15, -0.1) is 0 Å². The molecule has 1 atom stereocenters. The standard InChI is InChI=1S/C26H36N6O/c1-18(2)24-15-22(23-17-28-32(19(3)4)25(23)29-24)26(33)27-16-20(5)30-11-13-31(14-12-30)21-9-7-6-8-10-21/h6-10,15,17-20H,11-14,16H2,1-5H3,(H,27,33). The van der Waals surface area contributed by atoms with Crippen LogP contribution in [-0.4, -0.2) is 64.3 Å². The van der Waals surface area contributed by atoms with Crippen LogP contribution in [0.15, 0.2) is 42.6 Å². The maximum atomic E-state index is 13.2. The van der Waals surface area contributed by atoms with Crippen molar-refractivity contribution in [2.24, 2.45) is 0 Å². The van der Waals surface area contributed by atoms with E-state index in [4.69, 9.17) is 4.98 Å². The van der Waals surface area contributed by atoms with E-state index in [1.807, 2.05) is 10.7 Å². The number of rotatable bonds is 7. The number of carbonyl (C=O) groups is 1. The molecule has 0 spiro atoms. The SMILES string of the molecule is CC(C)c1cc(C(=O)NCC(C)N2CCN(c3ccccc3)CC2)c2cnn(C(C)C)c2n1.